The van der Waals surface area contributed by atoms with Crippen LogP contribution in [0.3, 0.4) is 0 Å². The predicted molar refractivity (Wildman–Crippen MR) is 125 cm³/mol. The number of nitrogens with zero attached hydrogens (tertiary/aromatic N) is 4. The Morgan fingerprint density at radius 1 is 1.29 bits per heavy atom. The second-order valence-corrected chi connectivity index (χ2v) is 7.05. The molecule has 0 aliphatic heterocycles. The zero-order valence-corrected chi connectivity index (χ0v) is 19.9. The number of hydrogen-bond donors (Lipinski definition) is 4. The van der Waals surface area contributed by atoms with Gasteiger partial charge in [-0.1, -0.05) is 23.2 Å². The monoisotopic (exact) mass is 541 g/mol. The molecule has 0 fully saturated rings. The van der Waals surface area contributed by atoms with Crippen LogP contribution in [0.4, 0.5) is 5.82 Å². The minimum atomic E-state index is -1.10. The van der Waals surface area contributed by atoms with Gasteiger partial charge in [-0.25, -0.2) is 9.98 Å². The van der Waals surface area contributed by atoms with E-state index in [9.17, 15) is 5.11 Å². The van der Waals surface area contributed by atoms with Gasteiger partial charge in [0.05, 0.1) is 22.8 Å². The highest BCUT2D eigenvalue weighted by Crippen LogP contribution is 2.22. The normalized spacial score (nSPS) is 13.4. The third kappa shape index (κ3) is 7.61. The average molecular weight is 542 g/mol. The van der Waals surface area contributed by atoms with Crippen molar-refractivity contribution in [1.82, 2.24) is 25.4 Å². The molecule has 0 aliphatic rings. The fraction of sp³-hybridized carbons (Fsp3) is 0.471. The summed E-state index contributed by atoms with van der Waals surface area (Å²) in [6.07, 6.45) is 4.96. The number of anilines is 1. The number of pyridine rings is 1. The number of aliphatic imine (C=N–C) groups is 1. The molecule has 0 saturated heterocycles. The van der Waals surface area contributed by atoms with Crippen LogP contribution in [0.5, 0.6) is 0 Å². The zero-order valence-electron chi connectivity index (χ0n) is 16.0. The van der Waals surface area contributed by atoms with Crippen LogP contribution in [-0.2, 0) is 12.6 Å². The molecule has 28 heavy (non-hydrogen) atoms. The van der Waals surface area contributed by atoms with Crippen molar-refractivity contribution in [2.75, 3.05) is 31.5 Å². The molecule has 1 unspecified atom stereocenters. The predicted octanol–water partition coefficient (Wildman–Crippen LogP) is 2.61. The molecule has 0 saturated carbocycles. The number of rotatable bonds is 8. The molecule has 4 N–H and O–H groups in total. The molecule has 2 aromatic heterocycles. The molecular weight excluding hydrogens is 516 g/mol. The van der Waals surface area contributed by atoms with Crippen LogP contribution in [0.1, 0.15) is 19.4 Å². The van der Waals surface area contributed by atoms with E-state index in [0.717, 1.165) is 5.56 Å². The number of aromatic nitrogens is 3. The standard InChI is InChI=1S/C17H25Cl2N7O.HI/c1-4-20-16(24-11-17(2,27)12-8-25-26(3)10-12)22-6-5-21-15-14(19)7-13(18)9-23-15;/h7-10,27H,4-6,11H2,1-3H3,(H,21,23)(H2,20,22,24);1H. The second kappa shape index (κ2) is 11.6. The Bertz CT molecular complexity index is 783. The lowest BCUT2D eigenvalue weighted by Crippen LogP contribution is -2.40. The Morgan fingerprint density at radius 2 is 2.04 bits per heavy atom. The lowest BCUT2D eigenvalue weighted by Gasteiger charge is -2.20. The summed E-state index contributed by atoms with van der Waals surface area (Å²) in [4.78, 5) is 8.61. The minimum absolute atomic E-state index is 0. The van der Waals surface area contributed by atoms with Gasteiger partial charge >= 0.3 is 0 Å². The van der Waals surface area contributed by atoms with Gasteiger partial charge in [0.2, 0.25) is 0 Å². The van der Waals surface area contributed by atoms with Gasteiger partial charge in [-0.05, 0) is 19.9 Å². The first-order valence-electron chi connectivity index (χ1n) is 8.60. The third-order valence-electron chi connectivity index (χ3n) is 3.73. The SMILES string of the molecule is CCNC(=NCC(C)(O)c1cnn(C)c1)NCCNc1ncc(Cl)cc1Cl.I. The number of hydrogen-bond acceptors (Lipinski definition) is 5. The third-order valence-corrected chi connectivity index (χ3v) is 4.23. The van der Waals surface area contributed by atoms with Gasteiger partial charge < -0.3 is 21.1 Å². The molecule has 1 atom stereocenters. The van der Waals surface area contributed by atoms with Crippen LogP contribution in [0, 0.1) is 0 Å². The number of nitrogens with one attached hydrogen (secondary N) is 3. The van der Waals surface area contributed by atoms with Gasteiger partial charge in [0.15, 0.2) is 5.96 Å². The summed E-state index contributed by atoms with van der Waals surface area (Å²) in [5, 5.41) is 25.2. The van der Waals surface area contributed by atoms with E-state index in [1.165, 1.54) is 6.20 Å². The van der Waals surface area contributed by atoms with Crippen molar-refractivity contribution in [1.29, 1.82) is 0 Å². The van der Waals surface area contributed by atoms with Crippen molar-refractivity contribution in [3.05, 3.63) is 40.3 Å². The summed E-state index contributed by atoms with van der Waals surface area (Å²) >= 11 is 11.9. The van der Waals surface area contributed by atoms with Crippen LogP contribution in [0.25, 0.3) is 0 Å². The van der Waals surface area contributed by atoms with E-state index < -0.39 is 5.60 Å². The molecule has 0 aromatic carbocycles. The van der Waals surface area contributed by atoms with Gasteiger partial charge in [0.25, 0.3) is 0 Å². The van der Waals surface area contributed by atoms with E-state index in [4.69, 9.17) is 23.2 Å². The topological polar surface area (TPSA) is 99.4 Å². The molecule has 2 rings (SSSR count). The van der Waals surface area contributed by atoms with E-state index in [1.807, 2.05) is 14.0 Å². The first kappa shape index (κ1) is 24.7. The molecule has 0 radical (unpaired) electrons. The van der Waals surface area contributed by atoms with Crippen LogP contribution >= 0.6 is 47.2 Å². The largest absolute Gasteiger partial charge is 0.383 e. The molecule has 0 amide bonds. The summed E-state index contributed by atoms with van der Waals surface area (Å²) < 4.78 is 1.65. The molecule has 0 aliphatic carbocycles. The number of guanidine groups is 1. The lowest BCUT2D eigenvalue weighted by molar-refractivity contribution is 0.0672. The first-order chi connectivity index (χ1) is 12.8. The van der Waals surface area contributed by atoms with E-state index >= 15 is 0 Å². The molecular formula is C17H26Cl2IN7O. The maximum absolute atomic E-state index is 10.6. The fourth-order valence-electron chi connectivity index (χ4n) is 2.27. The van der Waals surface area contributed by atoms with Crippen molar-refractivity contribution in [2.45, 2.75) is 19.4 Å². The molecule has 11 heteroatoms. The summed E-state index contributed by atoms with van der Waals surface area (Å²) in [5.74, 6) is 1.18. The van der Waals surface area contributed by atoms with E-state index in [-0.39, 0.29) is 30.5 Å². The average Bonchev–Trinajstić information content (AvgIpc) is 3.05. The number of aliphatic hydroxyl groups is 1. The Hall–Kier alpha value is -1.30. The van der Waals surface area contributed by atoms with Crippen LogP contribution in [-0.4, -0.2) is 52.0 Å². The highest BCUT2D eigenvalue weighted by Gasteiger charge is 2.24. The maximum atomic E-state index is 10.6. The second-order valence-electron chi connectivity index (χ2n) is 6.21. The lowest BCUT2D eigenvalue weighted by atomic mass is 10.0. The van der Waals surface area contributed by atoms with E-state index in [2.05, 4.69) is 31.0 Å². The van der Waals surface area contributed by atoms with Gasteiger partial charge in [-0.3, -0.25) is 4.68 Å². The maximum Gasteiger partial charge on any atom is 0.191 e. The van der Waals surface area contributed by atoms with Crippen LogP contribution < -0.4 is 16.0 Å². The summed E-state index contributed by atoms with van der Waals surface area (Å²) in [7, 11) is 1.81. The Morgan fingerprint density at radius 3 is 2.64 bits per heavy atom. The quantitative estimate of drug-likeness (QED) is 0.177. The molecule has 8 nitrogen and oxygen atoms in total. The summed E-state index contributed by atoms with van der Waals surface area (Å²) in [6, 6.07) is 1.64. The smallest absolute Gasteiger partial charge is 0.191 e. The Balaban J connectivity index is 0.00000392. The van der Waals surface area contributed by atoms with Gasteiger partial charge in [0.1, 0.15) is 11.4 Å². The van der Waals surface area contributed by atoms with Crippen molar-refractivity contribution in [3.63, 3.8) is 0 Å². The van der Waals surface area contributed by atoms with Crippen molar-refractivity contribution < 1.29 is 5.11 Å². The zero-order chi connectivity index (χ0) is 19.9. The van der Waals surface area contributed by atoms with E-state index in [1.54, 1.807) is 30.1 Å². The highest BCUT2D eigenvalue weighted by atomic mass is 127. The molecule has 156 valence electrons. The Kier molecular flexibility index (Phi) is 10.3. The molecule has 2 heterocycles. The molecule has 2 aromatic rings. The van der Waals surface area contributed by atoms with Crippen molar-refractivity contribution >= 4 is 59.0 Å². The Labute approximate surface area is 192 Å². The van der Waals surface area contributed by atoms with Crippen LogP contribution in [0.2, 0.25) is 10.0 Å². The molecule has 0 bridgehead atoms. The molecule has 0 spiro atoms. The van der Waals surface area contributed by atoms with Crippen molar-refractivity contribution in [3.8, 4) is 0 Å². The minimum Gasteiger partial charge on any atom is -0.383 e. The first-order valence-corrected chi connectivity index (χ1v) is 9.36. The number of aryl methyl sites for hydroxylation is 1. The van der Waals surface area contributed by atoms with Gasteiger partial charge in [0, 0.05) is 44.6 Å². The van der Waals surface area contributed by atoms with Gasteiger partial charge in [-0.2, -0.15) is 5.10 Å². The van der Waals surface area contributed by atoms with Crippen LogP contribution in [0.15, 0.2) is 29.6 Å². The van der Waals surface area contributed by atoms with Gasteiger partial charge in [-0.15, -0.1) is 24.0 Å². The number of halogens is 3. The fourth-order valence-corrected chi connectivity index (χ4v) is 2.72. The van der Waals surface area contributed by atoms with Crippen molar-refractivity contribution in [2.24, 2.45) is 12.0 Å². The highest BCUT2D eigenvalue weighted by molar-refractivity contribution is 14.0. The summed E-state index contributed by atoms with van der Waals surface area (Å²) in [5.41, 5.74) is -0.384. The van der Waals surface area contributed by atoms with E-state index in [0.29, 0.717) is 41.5 Å². The summed E-state index contributed by atoms with van der Waals surface area (Å²) in [6.45, 7) is 5.77.